The van der Waals surface area contributed by atoms with Gasteiger partial charge in [-0.05, 0) is 44.7 Å². The zero-order chi connectivity index (χ0) is 35.1. The number of carbonyl (C=O) groups excluding carboxylic acids is 4. The van der Waals surface area contributed by atoms with E-state index in [-0.39, 0.29) is 48.3 Å². The highest BCUT2D eigenvalue weighted by Crippen LogP contribution is 2.44. The van der Waals surface area contributed by atoms with E-state index in [9.17, 15) is 32.3 Å². The standard InChI is InChI=1S/C33H34F3N6O6S/c1-18-24(47-2)9-8-21-25(14-22(38-27(18)21)29-39-26(16-49-29)33(34,35)36)48-20-10-12-41-23(13-20)28(44)40-32(17-43)15-19(32)7-5-3-4-6-11-42(30(37)45)31(41)46/h5,7-9,14,16,19-20,23H,3-4,6,10-13,15H2,1-2H3,(H2,37,45)(H,40,44)/b7-5-/t19-,20+,23+,32+/m1/s1. The normalized spacial score (nSPS) is 25.4. The Labute approximate surface area is 283 Å². The Kier molecular flexibility index (Phi) is 9.26. The molecule has 3 N–H and O–H groups in total. The maximum absolute atomic E-state index is 13.9. The molecule has 6 rings (SSSR count). The van der Waals surface area contributed by atoms with E-state index >= 15 is 0 Å². The highest BCUT2D eigenvalue weighted by molar-refractivity contribution is 7.13. The number of thiazole rings is 1. The number of fused-ring (bicyclic) bond motifs is 3. The van der Waals surface area contributed by atoms with Crippen LogP contribution in [0.3, 0.4) is 0 Å². The van der Waals surface area contributed by atoms with E-state index < -0.39 is 47.5 Å². The number of ether oxygens (including phenoxy) is 2. The second-order valence-corrected chi connectivity index (χ2v) is 13.2. The molecule has 1 aliphatic carbocycles. The van der Waals surface area contributed by atoms with Crippen LogP contribution in [-0.4, -0.2) is 81.9 Å². The van der Waals surface area contributed by atoms with E-state index in [4.69, 9.17) is 15.2 Å². The third-order valence-electron chi connectivity index (χ3n) is 9.19. The number of hydrogen-bond donors (Lipinski definition) is 2. The molecule has 1 radical (unpaired) electrons. The van der Waals surface area contributed by atoms with Gasteiger partial charge in [0.05, 0.1) is 12.6 Å². The highest BCUT2D eigenvalue weighted by Gasteiger charge is 2.56. The molecule has 3 aliphatic rings. The molecule has 4 heterocycles. The molecule has 259 valence electrons. The molecule has 2 aromatic heterocycles. The number of hydrogen-bond acceptors (Lipinski definition) is 9. The summed E-state index contributed by atoms with van der Waals surface area (Å²) in [5.41, 5.74) is 4.52. The fourth-order valence-corrected chi connectivity index (χ4v) is 7.17. The Balaban J connectivity index is 1.35. The average molecular weight is 700 g/mol. The van der Waals surface area contributed by atoms with Crippen LogP contribution in [0.2, 0.25) is 0 Å². The summed E-state index contributed by atoms with van der Waals surface area (Å²) in [5, 5.41) is 4.28. The summed E-state index contributed by atoms with van der Waals surface area (Å²) in [6, 6.07) is 2.14. The lowest BCUT2D eigenvalue weighted by atomic mass is 9.97. The number of piperidine rings is 1. The molecule has 1 saturated heterocycles. The smallest absolute Gasteiger partial charge is 0.434 e. The number of nitrogens with two attached hydrogens (primary N) is 1. The lowest BCUT2D eigenvalue weighted by molar-refractivity contribution is -0.140. The van der Waals surface area contributed by atoms with Crippen molar-refractivity contribution in [3.05, 3.63) is 47.0 Å². The number of pyridine rings is 1. The topological polar surface area (TPSA) is 157 Å². The molecular formula is C33H34F3N6O6S. The number of aryl methyl sites for hydroxylation is 1. The maximum Gasteiger partial charge on any atom is 0.434 e. The van der Waals surface area contributed by atoms with Gasteiger partial charge in [0.15, 0.2) is 5.69 Å². The van der Waals surface area contributed by atoms with Crippen molar-refractivity contribution in [2.45, 2.75) is 69.3 Å². The monoisotopic (exact) mass is 699 g/mol. The molecular weight excluding hydrogens is 665 g/mol. The molecule has 1 saturated carbocycles. The fraction of sp³-hybridized carbons (Fsp3) is 0.455. The third kappa shape index (κ3) is 6.78. The summed E-state index contributed by atoms with van der Waals surface area (Å²) in [6.07, 6.45) is 2.87. The number of aromatic nitrogens is 2. The van der Waals surface area contributed by atoms with Crippen LogP contribution in [0.25, 0.3) is 21.6 Å². The van der Waals surface area contributed by atoms with Crippen LogP contribution in [0.5, 0.6) is 11.5 Å². The maximum atomic E-state index is 13.9. The molecule has 12 nitrogen and oxygen atoms in total. The van der Waals surface area contributed by atoms with E-state index in [1.54, 1.807) is 19.1 Å². The van der Waals surface area contributed by atoms with Crippen LogP contribution >= 0.6 is 11.3 Å². The number of rotatable bonds is 5. The number of nitrogens with one attached hydrogen (secondary N) is 1. The van der Waals surface area contributed by atoms with Gasteiger partial charge in [0.2, 0.25) is 12.2 Å². The number of urea groups is 2. The average Bonchev–Trinajstić information content (AvgIpc) is 3.48. The second-order valence-electron chi connectivity index (χ2n) is 12.4. The molecule has 0 bridgehead atoms. The predicted octanol–water partition coefficient (Wildman–Crippen LogP) is 5.13. The molecule has 4 atom stereocenters. The number of amides is 5. The first-order valence-electron chi connectivity index (χ1n) is 15.8. The van der Waals surface area contributed by atoms with Crippen LogP contribution in [-0.2, 0) is 15.8 Å². The quantitative estimate of drug-likeness (QED) is 0.347. The highest BCUT2D eigenvalue weighted by atomic mass is 32.1. The Morgan fingerprint density at radius 3 is 2.67 bits per heavy atom. The summed E-state index contributed by atoms with van der Waals surface area (Å²) in [4.78, 5) is 62.6. The number of methoxy groups -OCH3 is 1. The number of alkyl halides is 3. The van der Waals surface area contributed by atoms with Gasteiger partial charge >= 0.3 is 18.2 Å². The molecule has 5 amide bonds. The molecule has 1 aromatic carbocycles. The molecule has 16 heteroatoms. The lowest BCUT2D eigenvalue weighted by Gasteiger charge is -2.40. The second kappa shape index (κ2) is 13.3. The summed E-state index contributed by atoms with van der Waals surface area (Å²) in [5.74, 6) is -0.0472. The number of halogens is 3. The molecule has 49 heavy (non-hydrogen) atoms. The number of carbonyl (C=O) groups is 3. The summed E-state index contributed by atoms with van der Waals surface area (Å²) in [6.45, 7) is 1.85. The van der Waals surface area contributed by atoms with E-state index in [0.29, 0.717) is 47.9 Å². The molecule has 2 aliphatic heterocycles. The van der Waals surface area contributed by atoms with Gasteiger partial charge < -0.3 is 25.4 Å². The van der Waals surface area contributed by atoms with Crippen molar-refractivity contribution in [3.8, 4) is 22.2 Å². The Morgan fingerprint density at radius 2 is 1.98 bits per heavy atom. The van der Waals surface area contributed by atoms with Gasteiger partial charge in [-0.15, -0.1) is 11.3 Å². The van der Waals surface area contributed by atoms with Crippen molar-refractivity contribution in [1.29, 1.82) is 0 Å². The van der Waals surface area contributed by atoms with Gasteiger partial charge in [-0.1, -0.05) is 12.2 Å². The van der Waals surface area contributed by atoms with Crippen LogP contribution in [0.1, 0.15) is 49.8 Å². The third-order valence-corrected chi connectivity index (χ3v) is 10.1. The van der Waals surface area contributed by atoms with Crippen LogP contribution in [0.15, 0.2) is 35.7 Å². The largest absolute Gasteiger partial charge is 0.496 e. The van der Waals surface area contributed by atoms with Gasteiger partial charge in [-0.3, -0.25) is 9.59 Å². The summed E-state index contributed by atoms with van der Waals surface area (Å²) in [7, 11) is 1.49. The zero-order valence-corrected chi connectivity index (χ0v) is 27.5. The van der Waals surface area contributed by atoms with Crippen molar-refractivity contribution < 1.29 is 41.8 Å². The minimum Gasteiger partial charge on any atom is -0.496 e. The summed E-state index contributed by atoms with van der Waals surface area (Å²) >= 11 is 0.790. The fourth-order valence-electron chi connectivity index (χ4n) is 6.38. The van der Waals surface area contributed by atoms with Gasteiger partial charge in [0, 0.05) is 54.2 Å². The molecule has 0 spiro atoms. The summed E-state index contributed by atoms with van der Waals surface area (Å²) < 4.78 is 52.2. The molecule has 3 aromatic rings. The number of imide groups is 1. The Morgan fingerprint density at radius 1 is 1.18 bits per heavy atom. The molecule has 2 fully saturated rings. The van der Waals surface area contributed by atoms with Crippen LogP contribution < -0.4 is 20.5 Å². The first-order chi connectivity index (χ1) is 23.3. The van der Waals surface area contributed by atoms with Gasteiger partial charge in [0.1, 0.15) is 39.9 Å². The van der Waals surface area contributed by atoms with Crippen molar-refractivity contribution >= 4 is 46.5 Å². The molecule has 0 unspecified atom stereocenters. The van der Waals surface area contributed by atoms with E-state index in [1.165, 1.54) is 18.1 Å². The van der Waals surface area contributed by atoms with Crippen LogP contribution in [0.4, 0.5) is 22.8 Å². The lowest BCUT2D eigenvalue weighted by Crippen LogP contribution is -2.61. The minimum absolute atomic E-state index is 0.0106. The number of allylic oxidation sites excluding steroid dienone is 1. The minimum atomic E-state index is -4.64. The first-order valence-corrected chi connectivity index (χ1v) is 16.7. The van der Waals surface area contributed by atoms with Crippen LogP contribution in [0, 0.1) is 12.8 Å². The first kappa shape index (κ1) is 34.1. The number of primary amides is 1. The number of benzene rings is 1. The van der Waals surface area contributed by atoms with E-state index in [0.717, 1.165) is 21.6 Å². The SMILES string of the molecule is COc1ccc2c(O[C@H]3CCN4C(=O)N(C(N)=O)CCCC/C=C\[C@@H]5C[C@@]5([C]=O)NC(=O)[C@@H]4C3)cc(-c3nc(C(F)(F)F)cs3)nc2c1C. The van der Waals surface area contributed by atoms with Gasteiger partial charge in [-0.2, -0.15) is 13.2 Å². The Hall–Kier alpha value is -4.73. The van der Waals surface area contributed by atoms with Crippen molar-refractivity contribution in [2.75, 3.05) is 20.2 Å². The van der Waals surface area contributed by atoms with Crippen molar-refractivity contribution in [2.24, 2.45) is 11.7 Å². The van der Waals surface area contributed by atoms with Gasteiger partial charge in [0.25, 0.3) is 0 Å². The number of nitrogens with zero attached hydrogens (tertiary/aromatic N) is 4. The van der Waals surface area contributed by atoms with Gasteiger partial charge in [-0.25, -0.2) is 24.5 Å². The zero-order valence-electron chi connectivity index (χ0n) is 26.7. The van der Waals surface area contributed by atoms with E-state index in [2.05, 4.69) is 15.3 Å². The predicted molar refractivity (Wildman–Crippen MR) is 173 cm³/mol. The van der Waals surface area contributed by atoms with E-state index in [1.807, 2.05) is 18.4 Å². The van der Waals surface area contributed by atoms with Crippen molar-refractivity contribution in [1.82, 2.24) is 25.1 Å². The Bertz CT molecular complexity index is 1830. The van der Waals surface area contributed by atoms with Crippen molar-refractivity contribution in [3.63, 3.8) is 0 Å².